The Morgan fingerprint density at radius 2 is 1.57 bits per heavy atom. The molecule has 0 saturated carbocycles. The van der Waals surface area contributed by atoms with Gasteiger partial charge >= 0.3 is 0 Å². The van der Waals surface area contributed by atoms with Crippen molar-refractivity contribution in [2.24, 2.45) is 0 Å². The SMILES string of the molecule is Cc1cccc(N(C(C)c2ccccc2F)S(=O)(=O)c2ccc(C)c(F)c2)c1. The van der Waals surface area contributed by atoms with Gasteiger partial charge in [0.25, 0.3) is 10.0 Å². The number of nitrogens with zero attached hydrogens (tertiary/aromatic N) is 1. The zero-order chi connectivity index (χ0) is 20.5. The molecule has 0 saturated heterocycles. The van der Waals surface area contributed by atoms with Gasteiger partial charge in [-0.2, -0.15) is 0 Å². The highest BCUT2D eigenvalue weighted by Crippen LogP contribution is 2.34. The number of sulfonamides is 1. The second kappa shape index (κ2) is 7.72. The normalized spacial score (nSPS) is 12.6. The zero-order valence-corrected chi connectivity index (χ0v) is 16.7. The van der Waals surface area contributed by atoms with Gasteiger partial charge in [-0.05, 0) is 62.2 Å². The van der Waals surface area contributed by atoms with Crippen LogP contribution in [0.1, 0.15) is 29.7 Å². The van der Waals surface area contributed by atoms with E-state index in [1.165, 1.54) is 18.2 Å². The Kier molecular flexibility index (Phi) is 5.52. The molecular formula is C22H21F2NO2S. The maximum absolute atomic E-state index is 14.4. The lowest BCUT2D eigenvalue weighted by atomic mass is 10.1. The van der Waals surface area contributed by atoms with Gasteiger partial charge in [0.2, 0.25) is 0 Å². The molecule has 3 rings (SSSR count). The third-order valence-corrected chi connectivity index (χ3v) is 6.56. The number of rotatable bonds is 5. The molecule has 3 aromatic rings. The molecule has 0 aliphatic rings. The Bertz CT molecular complexity index is 1110. The summed E-state index contributed by atoms with van der Waals surface area (Å²) in [5.41, 5.74) is 1.83. The monoisotopic (exact) mass is 401 g/mol. The van der Waals surface area contributed by atoms with Crippen LogP contribution in [0.25, 0.3) is 0 Å². The number of benzene rings is 3. The van der Waals surface area contributed by atoms with Crippen LogP contribution in [0.4, 0.5) is 14.5 Å². The largest absolute Gasteiger partial charge is 0.264 e. The van der Waals surface area contributed by atoms with Crippen molar-refractivity contribution in [3.63, 3.8) is 0 Å². The summed E-state index contributed by atoms with van der Waals surface area (Å²) in [4.78, 5) is -0.180. The van der Waals surface area contributed by atoms with Gasteiger partial charge in [-0.25, -0.2) is 17.2 Å². The molecular weight excluding hydrogens is 380 g/mol. The Morgan fingerprint density at radius 1 is 0.857 bits per heavy atom. The first-order chi connectivity index (χ1) is 13.2. The Morgan fingerprint density at radius 3 is 2.21 bits per heavy atom. The maximum Gasteiger partial charge on any atom is 0.264 e. The number of anilines is 1. The summed E-state index contributed by atoms with van der Waals surface area (Å²) in [6.07, 6.45) is 0. The minimum atomic E-state index is -4.15. The van der Waals surface area contributed by atoms with Crippen LogP contribution in [0.15, 0.2) is 71.6 Å². The molecule has 0 aliphatic carbocycles. The van der Waals surface area contributed by atoms with Crippen LogP contribution in [0, 0.1) is 25.5 Å². The van der Waals surface area contributed by atoms with E-state index in [-0.39, 0.29) is 10.5 Å². The van der Waals surface area contributed by atoms with E-state index in [0.717, 1.165) is 15.9 Å². The van der Waals surface area contributed by atoms with Gasteiger partial charge in [-0.3, -0.25) is 4.31 Å². The molecule has 0 spiro atoms. The van der Waals surface area contributed by atoms with Crippen molar-refractivity contribution in [2.75, 3.05) is 4.31 Å². The summed E-state index contributed by atoms with van der Waals surface area (Å²) < 4.78 is 56.6. The van der Waals surface area contributed by atoms with Crippen molar-refractivity contribution in [1.29, 1.82) is 0 Å². The van der Waals surface area contributed by atoms with Crippen LogP contribution in [-0.2, 0) is 10.0 Å². The molecule has 3 nitrogen and oxygen atoms in total. The molecule has 0 N–H and O–H groups in total. The lowest BCUT2D eigenvalue weighted by Crippen LogP contribution is -2.34. The minimum Gasteiger partial charge on any atom is -0.259 e. The molecule has 28 heavy (non-hydrogen) atoms. The summed E-state index contributed by atoms with van der Waals surface area (Å²) in [5.74, 6) is -1.11. The van der Waals surface area contributed by atoms with Gasteiger partial charge in [-0.1, -0.05) is 36.4 Å². The van der Waals surface area contributed by atoms with Crippen LogP contribution in [0.5, 0.6) is 0 Å². The van der Waals surface area contributed by atoms with Crippen LogP contribution < -0.4 is 4.31 Å². The summed E-state index contributed by atoms with van der Waals surface area (Å²) in [6, 6.07) is 15.9. The van der Waals surface area contributed by atoms with Crippen LogP contribution in [0.2, 0.25) is 0 Å². The highest BCUT2D eigenvalue weighted by atomic mass is 32.2. The second-order valence-corrected chi connectivity index (χ2v) is 8.56. The lowest BCUT2D eigenvalue weighted by Gasteiger charge is -2.31. The predicted octanol–water partition coefficient (Wildman–Crippen LogP) is 5.54. The molecule has 0 aromatic heterocycles. The van der Waals surface area contributed by atoms with E-state index in [1.54, 1.807) is 50.2 Å². The zero-order valence-electron chi connectivity index (χ0n) is 15.9. The van der Waals surface area contributed by atoms with E-state index >= 15 is 0 Å². The lowest BCUT2D eigenvalue weighted by molar-refractivity contribution is 0.566. The third kappa shape index (κ3) is 3.78. The second-order valence-electron chi connectivity index (χ2n) is 6.75. The van der Waals surface area contributed by atoms with Gasteiger partial charge in [-0.15, -0.1) is 0 Å². The summed E-state index contributed by atoms with van der Waals surface area (Å²) >= 11 is 0. The maximum atomic E-state index is 14.4. The molecule has 0 heterocycles. The molecule has 146 valence electrons. The van der Waals surface area contributed by atoms with Crippen molar-refractivity contribution < 1.29 is 17.2 Å². The fourth-order valence-corrected chi connectivity index (χ4v) is 4.76. The number of aryl methyl sites for hydroxylation is 2. The van der Waals surface area contributed by atoms with Crippen LogP contribution in [0.3, 0.4) is 0 Å². The van der Waals surface area contributed by atoms with E-state index in [2.05, 4.69) is 0 Å². The molecule has 6 heteroatoms. The van der Waals surface area contributed by atoms with E-state index < -0.39 is 27.7 Å². The van der Waals surface area contributed by atoms with Crippen molar-refractivity contribution in [3.05, 3.63) is 95.1 Å². The molecule has 0 fully saturated rings. The van der Waals surface area contributed by atoms with Gasteiger partial charge in [0, 0.05) is 5.56 Å². The third-order valence-electron chi connectivity index (χ3n) is 4.66. The van der Waals surface area contributed by atoms with Crippen molar-refractivity contribution in [1.82, 2.24) is 0 Å². The Balaban J connectivity index is 2.21. The fraction of sp³-hybridized carbons (Fsp3) is 0.182. The molecule has 0 aliphatic heterocycles. The van der Waals surface area contributed by atoms with E-state index in [9.17, 15) is 17.2 Å². The van der Waals surface area contributed by atoms with Crippen LogP contribution in [-0.4, -0.2) is 8.42 Å². The van der Waals surface area contributed by atoms with Crippen molar-refractivity contribution >= 4 is 15.7 Å². The summed E-state index contributed by atoms with van der Waals surface area (Å²) in [6.45, 7) is 5.02. The van der Waals surface area contributed by atoms with Gasteiger partial charge < -0.3 is 0 Å². The standard InChI is InChI=1S/C22H21F2NO2S/c1-15-7-6-8-18(13-15)25(17(3)20-9-4-5-10-21(20)23)28(26,27)19-12-11-16(2)22(24)14-19/h4-14,17H,1-3H3. The number of hydrogen-bond donors (Lipinski definition) is 0. The van der Waals surface area contributed by atoms with E-state index in [0.29, 0.717) is 11.3 Å². The smallest absolute Gasteiger partial charge is 0.259 e. The average molecular weight is 401 g/mol. The fourth-order valence-electron chi connectivity index (χ4n) is 3.12. The minimum absolute atomic E-state index is 0.180. The average Bonchev–Trinajstić information content (AvgIpc) is 2.64. The van der Waals surface area contributed by atoms with Crippen molar-refractivity contribution in [2.45, 2.75) is 31.7 Å². The van der Waals surface area contributed by atoms with E-state index in [4.69, 9.17) is 0 Å². The predicted molar refractivity (Wildman–Crippen MR) is 107 cm³/mol. The summed E-state index contributed by atoms with van der Waals surface area (Å²) in [5, 5.41) is 0. The highest BCUT2D eigenvalue weighted by Gasteiger charge is 2.32. The van der Waals surface area contributed by atoms with Gasteiger partial charge in [0.1, 0.15) is 11.6 Å². The summed E-state index contributed by atoms with van der Waals surface area (Å²) in [7, 11) is -4.15. The topological polar surface area (TPSA) is 37.4 Å². The van der Waals surface area contributed by atoms with Gasteiger partial charge in [0.05, 0.1) is 16.6 Å². The first-order valence-corrected chi connectivity index (χ1v) is 10.3. The molecule has 0 radical (unpaired) electrons. The Hall–Kier alpha value is -2.73. The molecule has 1 unspecified atom stereocenters. The molecule has 0 bridgehead atoms. The first-order valence-electron chi connectivity index (χ1n) is 8.83. The first kappa shape index (κ1) is 20.0. The number of hydrogen-bond acceptors (Lipinski definition) is 2. The highest BCUT2D eigenvalue weighted by molar-refractivity contribution is 7.92. The number of halogens is 2. The molecule has 3 aromatic carbocycles. The van der Waals surface area contributed by atoms with E-state index in [1.807, 2.05) is 13.0 Å². The van der Waals surface area contributed by atoms with Crippen molar-refractivity contribution in [3.8, 4) is 0 Å². The van der Waals surface area contributed by atoms with Crippen LogP contribution >= 0.6 is 0 Å². The quantitative estimate of drug-likeness (QED) is 0.563. The molecule has 0 amide bonds. The van der Waals surface area contributed by atoms with Gasteiger partial charge in [0.15, 0.2) is 0 Å². The molecule has 1 atom stereocenters. The Labute approximate surface area is 164 Å².